The molecule has 0 spiro atoms. The van der Waals surface area contributed by atoms with Gasteiger partial charge in [-0.15, -0.1) is 24.0 Å². The third-order valence-corrected chi connectivity index (χ3v) is 4.05. The van der Waals surface area contributed by atoms with E-state index in [1.54, 1.807) is 32.3 Å². The van der Waals surface area contributed by atoms with Gasteiger partial charge in [0.2, 0.25) is 0 Å². The van der Waals surface area contributed by atoms with Gasteiger partial charge in [-0.05, 0) is 35.9 Å². The number of rotatable bonds is 7. The predicted octanol–water partition coefficient (Wildman–Crippen LogP) is 3.78. The van der Waals surface area contributed by atoms with Gasteiger partial charge in [0.15, 0.2) is 5.96 Å². The Morgan fingerprint density at radius 1 is 1.14 bits per heavy atom. The number of carbonyl (C=O) groups is 1. The summed E-state index contributed by atoms with van der Waals surface area (Å²) in [6, 6.07) is 11.6. The standard InChI is InChI=1S/C19H21ClF2N4O2.HI/c1-23-17(27)13-5-3-12(4-6-13)10-25-19(24-2)26-11-14-9-15(20)7-8-16(14)28-18(21)22;/h3-9,18H,10-11H2,1-2H3,(H,23,27)(H2,24,25,26);1H. The van der Waals surface area contributed by atoms with Crippen molar-refractivity contribution in [3.63, 3.8) is 0 Å². The Bertz CT molecular complexity index is 835. The van der Waals surface area contributed by atoms with Crippen LogP contribution < -0.4 is 20.7 Å². The first-order valence-electron chi connectivity index (χ1n) is 8.41. The average Bonchev–Trinajstić information content (AvgIpc) is 2.69. The van der Waals surface area contributed by atoms with E-state index in [0.29, 0.717) is 28.7 Å². The van der Waals surface area contributed by atoms with Gasteiger partial charge in [-0.1, -0.05) is 23.7 Å². The molecule has 0 radical (unpaired) electrons. The molecule has 0 fully saturated rings. The van der Waals surface area contributed by atoms with Crippen LogP contribution in [0.15, 0.2) is 47.5 Å². The van der Waals surface area contributed by atoms with E-state index in [4.69, 9.17) is 11.6 Å². The largest absolute Gasteiger partial charge is 0.434 e. The van der Waals surface area contributed by atoms with Gasteiger partial charge in [-0.3, -0.25) is 9.79 Å². The van der Waals surface area contributed by atoms with Crippen LogP contribution >= 0.6 is 35.6 Å². The van der Waals surface area contributed by atoms with Crippen molar-refractivity contribution < 1.29 is 18.3 Å². The Labute approximate surface area is 190 Å². The first kappa shape index (κ1) is 24.9. The Morgan fingerprint density at radius 2 is 1.79 bits per heavy atom. The molecule has 10 heteroatoms. The van der Waals surface area contributed by atoms with Crippen molar-refractivity contribution in [2.24, 2.45) is 4.99 Å². The zero-order valence-electron chi connectivity index (χ0n) is 15.8. The summed E-state index contributed by atoms with van der Waals surface area (Å²) in [7, 11) is 3.17. The monoisotopic (exact) mass is 538 g/mol. The molecule has 0 saturated heterocycles. The lowest BCUT2D eigenvalue weighted by Crippen LogP contribution is -2.36. The van der Waals surface area contributed by atoms with Crippen molar-refractivity contribution in [1.29, 1.82) is 0 Å². The molecule has 29 heavy (non-hydrogen) atoms. The number of carbonyl (C=O) groups excluding carboxylic acids is 1. The number of ether oxygens (including phenoxy) is 1. The lowest BCUT2D eigenvalue weighted by Gasteiger charge is -2.15. The van der Waals surface area contributed by atoms with E-state index in [1.165, 1.54) is 12.1 Å². The summed E-state index contributed by atoms with van der Waals surface area (Å²) in [5, 5.41) is 9.11. The fourth-order valence-corrected chi connectivity index (χ4v) is 2.60. The Kier molecular flexibility index (Phi) is 10.7. The van der Waals surface area contributed by atoms with Crippen LogP contribution in [-0.2, 0) is 13.1 Å². The van der Waals surface area contributed by atoms with Crippen LogP contribution in [0.5, 0.6) is 5.75 Å². The molecule has 3 N–H and O–H groups in total. The minimum Gasteiger partial charge on any atom is -0.434 e. The lowest BCUT2D eigenvalue weighted by atomic mass is 10.1. The van der Waals surface area contributed by atoms with Gasteiger partial charge < -0.3 is 20.7 Å². The molecule has 6 nitrogen and oxygen atoms in total. The fourth-order valence-electron chi connectivity index (χ4n) is 2.40. The molecule has 2 rings (SSSR count). The number of hydrogen-bond acceptors (Lipinski definition) is 3. The van der Waals surface area contributed by atoms with E-state index in [2.05, 4.69) is 25.7 Å². The van der Waals surface area contributed by atoms with Gasteiger partial charge in [0.05, 0.1) is 0 Å². The summed E-state index contributed by atoms with van der Waals surface area (Å²) < 4.78 is 29.6. The predicted molar refractivity (Wildman–Crippen MR) is 120 cm³/mol. The molecule has 0 bridgehead atoms. The SMILES string of the molecule is CN=C(NCc1ccc(C(=O)NC)cc1)NCc1cc(Cl)ccc1OC(F)F.I. The molecule has 158 valence electrons. The van der Waals surface area contributed by atoms with Gasteiger partial charge in [0.25, 0.3) is 5.91 Å². The van der Waals surface area contributed by atoms with Crippen LogP contribution in [0, 0.1) is 0 Å². The van der Waals surface area contributed by atoms with Gasteiger partial charge in [0.1, 0.15) is 5.75 Å². The number of nitrogens with zero attached hydrogens (tertiary/aromatic N) is 1. The van der Waals surface area contributed by atoms with Crippen molar-refractivity contribution in [2.75, 3.05) is 14.1 Å². The summed E-state index contributed by atoms with van der Waals surface area (Å²) in [6.07, 6.45) is 0. The molecular formula is C19H22ClF2IN4O2. The van der Waals surface area contributed by atoms with E-state index in [0.717, 1.165) is 5.56 Å². The zero-order valence-corrected chi connectivity index (χ0v) is 18.9. The number of alkyl halides is 2. The molecule has 0 unspecified atom stereocenters. The topological polar surface area (TPSA) is 74.8 Å². The third-order valence-electron chi connectivity index (χ3n) is 3.81. The molecule has 2 aromatic rings. The number of aliphatic imine (C=N–C) groups is 1. The highest BCUT2D eigenvalue weighted by Crippen LogP contribution is 2.24. The molecule has 0 aromatic heterocycles. The maximum atomic E-state index is 12.5. The van der Waals surface area contributed by atoms with Gasteiger partial charge in [-0.2, -0.15) is 8.78 Å². The Hall–Kier alpha value is -2.14. The minimum atomic E-state index is -2.92. The van der Waals surface area contributed by atoms with Crippen LogP contribution in [0.25, 0.3) is 0 Å². The summed E-state index contributed by atoms with van der Waals surface area (Å²) >= 11 is 5.94. The lowest BCUT2D eigenvalue weighted by molar-refractivity contribution is -0.0504. The van der Waals surface area contributed by atoms with Gasteiger partial charge in [-0.25, -0.2) is 0 Å². The number of amides is 1. The summed E-state index contributed by atoms with van der Waals surface area (Å²) in [4.78, 5) is 15.7. The Balaban J connectivity index is 0.00000420. The number of halogens is 4. The third kappa shape index (κ3) is 8.01. The van der Waals surface area contributed by atoms with Crippen molar-refractivity contribution >= 4 is 47.4 Å². The van der Waals surface area contributed by atoms with Crippen molar-refractivity contribution in [1.82, 2.24) is 16.0 Å². The van der Waals surface area contributed by atoms with Crippen LogP contribution in [0.4, 0.5) is 8.78 Å². The molecule has 0 heterocycles. The van der Waals surface area contributed by atoms with Gasteiger partial charge >= 0.3 is 6.61 Å². The van der Waals surface area contributed by atoms with E-state index in [-0.39, 0.29) is 42.2 Å². The molecule has 0 aliphatic rings. The van der Waals surface area contributed by atoms with E-state index >= 15 is 0 Å². The quantitative estimate of drug-likeness (QED) is 0.285. The highest BCUT2D eigenvalue weighted by Gasteiger charge is 2.11. The molecular weight excluding hydrogens is 517 g/mol. The molecule has 0 saturated carbocycles. The molecule has 0 atom stereocenters. The Morgan fingerprint density at radius 3 is 2.38 bits per heavy atom. The van der Waals surface area contributed by atoms with Crippen molar-refractivity contribution in [3.05, 3.63) is 64.2 Å². The van der Waals surface area contributed by atoms with E-state index in [9.17, 15) is 13.6 Å². The zero-order chi connectivity index (χ0) is 20.5. The van der Waals surface area contributed by atoms with E-state index in [1.807, 2.05) is 12.1 Å². The van der Waals surface area contributed by atoms with Crippen molar-refractivity contribution in [3.8, 4) is 5.75 Å². The number of benzene rings is 2. The number of nitrogens with one attached hydrogen (secondary N) is 3. The highest BCUT2D eigenvalue weighted by molar-refractivity contribution is 14.0. The normalized spacial score (nSPS) is 10.9. The minimum absolute atomic E-state index is 0. The first-order valence-corrected chi connectivity index (χ1v) is 8.79. The number of hydrogen-bond donors (Lipinski definition) is 3. The van der Waals surface area contributed by atoms with Crippen LogP contribution in [0.2, 0.25) is 5.02 Å². The summed E-state index contributed by atoms with van der Waals surface area (Å²) in [5.41, 5.74) is 1.99. The average molecular weight is 539 g/mol. The number of guanidine groups is 1. The maximum Gasteiger partial charge on any atom is 0.387 e. The summed E-state index contributed by atoms with van der Waals surface area (Å²) in [5.74, 6) is 0.367. The van der Waals surface area contributed by atoms with Crippen molar-refractivity contribution in [2.45, 2.75) is 19.7 Å². The second-order valence-corrected chi connectivity index (χ2v) is 6.12. The molecule has 0 aliphatic heterocycles. The highest BCUT2D eigenvalue weighted by atomic mass is 127. The summed E-state index contributed by atoms with van der Waals surface area (Å²) in [6.45, 7) is -2.27. The molecule has 0 aliphatic carbocycles. The second kappa shape index (κ2) is 12.4. The second-order valence-electron chi connectivity index (χ2n) is 5.69. The van der Waals surface area contributed by atoms with Crippen LogP contribution in [-0.4, -0.2) is 32.6 Å². The van der Waals surface area contributed by atoms with Crippen LogP contribution in [0.3, 0.4) is 0 Å². The van der Waals surface area contributed by atoms with Gasteiger partial charge in [0, 0.05) is 43.3 Å². The fraction of sp³-hybridized carbons (Fsp3) is 0.263. The van der Waals surface area contributed by atoms with Crippen LogP contribution in [0.1, 0.15) is 21.5 Å². The molecule has 2 aromatic carbocycles. The smallest absolute Gasteiger partial charge is 0.387 e. The molecule has 1 amide bonds. The maximum absolute atomic E-state index is 12.5. The van der Waals surface area contributed by atoms with E-state index < -0.39 is 6.61 Å². The first-order chi connectivity index (χ1) is 13.4.